The molecule has 0 unspecified atom stereocenters. The second kappa shape index (κ2) is 6.30. The summed E-state index contributed by atoms with van der Waals surface area (Å²) in [6, 6.07) is 8.48. The number of carbonyl (C=O) groups is 1. The summed E-state index contributed by atoms with van der Waals surface area (Å²) < 4.78 is 5.10. The molecule has 0 fully saturated rings. The molecule has 2 N–H and O–H groups in total. The highest BCUT2D eigenvalue weighted by atomic mass is 16.5. The number of nitrogens with one attached hydrogen (secondary N) is 2. The van der Waals surface area contributed by atoms with E-state index >= 15 is 0 Å². The number of nitriles is 1. The summed E-state index contributed by atoms with van der Waals surface area (Å²) in [4.78, 5) is 11.2. The minimum absolute atomic E-state index is 0.00932. The average molecular weight is 219 g/mol. The zero-order chi connectivity index (χ0) is 11.8. The lowest BCUT2D eigenvalue weighted by Gasteiger charge is -2.07. The van der Waals surface area contributed by atoms with Crippen molar-refractivity contribution in [2.75, 3.05) is 18.5 Å². The van der Waals surface area contributed by atoms with Crippen LogP contribution in [0.3, 0.4) is 0 Å². The predicted octanol–water partition coefficient (Wildman–Crippen LogP) is 1.73. The number of benzene rings is 1. The first-order chi connectivity index (χ1) is 7.76. The molecule has 0 aliphatic heterocycles. The van der Waals surface area contributed by atoms with Crippen molar-refractivity contribution in [3.8, 4) is 11.8 Å². The van der Waals surface area contributed by atoms with Gasteiger partial charge in [-0.2, -0.15) is 5.26 Å². The summed E-state index contributed by atoms with van der Waals surface area (Å²) in [6.45, 7) is 2.40. The van der Waals surface area contributed by atoms with Crippen LogP contribution in [0.15, 0.2) is 24.3 Å². The Labute approximate surface area is 94.0 Å². The second-order valence-corrected chi connectivity index (χ2v) is 2.96. The van der Waals surface area contributed by atoms with E-state index in [0.29, 0.717) is 18.0 Å². The SMILES string of the molecule is CCNC(=O)Nc1cccc(OCC#N)c1. The third-order valence-electron chi connectivity index (χ3n) is 1.73. The van der Waals surface area contributed by atoms with Crippen molar-refractivity contribution in [2.24, 2.45) is 0 Å². The monoisotopic (exact) mass is 219 g/mol. The maximum absolute atomic E-state index is 11.2. The van der Waals surface area contributed by atoms with Gasteiger partial charge in [-0.3, -0.25) is 0 Å². The van der Waals surface area contributed by atoms with Crippen LogP contribution in [-0.4, -0.2) is 19.2 Å². The van der Waals surface area contributed by atoms with Crippen LogP contribution < -0.4 is 15.4 Å². The molecule has 2 amide bonds. The molecule has 1 rings (SSSR count). The van der Waals surface area contributed by atoms with Crippen LogP contribution in [0.25, 0.3) is 0 Å². The molecule has 0 aliphatic carbocycles. The molecule has 0 saturated heterocycles. The first kappa shape index (κ1) is 11.9. The molecule has 5 heteroatoms. The topological polar surface area (TPSA) is 74.2 Å². The summed E-state index contributed by atoms with van der Waals surface area (Å²) >= 11 is 0. The van der Waals surface area contributed by atoms with Crippen molar-refractivity contribution in [1.29, 1.82) is 5.26 Å². The first-order valence-electron chi connectivity index (χ1n) is 4.91. The van der Waals surface area contributed by atoms with E-state index in [4.69, 9.17) is 10.00 Å². The van der Waals surface area contributed by atoms with Crippen LogP contribution in [0.5, 0.6) is 5.75 Å². The summed E-state index contributed by atoms with van der Waals surface area (Å²) in [5, 5.41) is 13.6. The zero-order valence-corrected chi connectivity index (χ0v) is 8.99. The summed E-state index contributed by atoms with van der Waals surface area (Å²) in [5.41, 5.74) is 0.626. The Balaban J connectivity index is 2.60. The van der Waals surface area contributed by atoms with Gasteiger partial charge in [0, 0.05) is 18.3 Å². The number of hydrogen-bond acceptors (Lipinski definition) is 3. The van der Waals surface area contributed by atoms with Gasteiger partial charge < -0.3 is 15.4 Å². The molecule has 0 saturated carbocycles. The molecule has 5 nitrogen and oxygen atoms in total. The van der Waals surface area contributed by atoms with E-state index in [2.05, 4.69) is 10.6 Å². The number of hydrogen-bond donors (Lipinski definition) is 2. The molecule has 0 atom stereocenters. The fourth-order valence-corrected chi connectivity index (χ4v) is 1.12. The molecule has 0 bridgehead atoms. The highest BCUT2D eigenvalue weighted by molar-refractivity contribution is 5.89. The highest BCUT2D eigenvalue weighted by Gasteiger charge is 2.00. The van der Waals surface area contributed by atoms with Gasteiger partial charge >= 0.3 is 6.03 Å². The van der Waals surface area contributed by atoms with E-state index in [0.717, 1.165) is 0 Å². The smallest absolute Gasteiger partial charge is 0.319 e. The molecule has 1 aromatic carbocycles. The standard InChI is InChI=1S/C11H13N3O2/c1-2-13-11(15)14-9-4-3-5-10(8-9)16-7-6-12/h3-5,8H,2,7H2,1H3,(H2,13,14,15). The van der Waals surface area contributed by atoms with E-state index in [1.165, 1.54) is 0 Å². The summed E-state index contributed by atoms with van der Waals surface area (Å²) in [7, 11) is 0. The largest absolute Gasteiger partial charge is 0.479 e. The molecular weight excluding hydrogens is 206 g/mol. The minimum atomic E-state index is -0.264. The van der Waals surface area contributed by atoms with Crippen molar-refractivity contribution < 1.29 is 9.53 Å². The van der Waals surface area contributed by atoms with Gasteiger partial charge in [0.1, 0.15) is 11.8 Å². The van der Waals surface area contributed by atoms with E-state index < -0.39 is 0 Å². The van der Waals surface area contributed by atoms with Gasteiger partial charge in [-0.1, -0.05) is 6.07 Å². The van der Waals surface area contributed by atoms with E-state index in [9.17, 15) is 4.79 Å². The van der Waals surface area contributed by atoms with Crippen LogP contribution in [0.1, 0.15) is 6.92 Å². The van der Waals surface area contributed by atoms with E-state index in [1.807, 2.05) is 13.0 Å². The quantitative estimate of drug-likeness (QED) is 0.809. The van der Waals surface area contributed by atoms with Crippen LogP contribution in [-0.2, 0) is 0 Å². The molecule has 0 spiro atoms. The Morgan fingerprint density at radius 2 is 2.38 bits per heavy atom. The average Bonchev–Trinajstić information content (AvgIpc) is 2.27. The number of anilines is 1. The molecule has 16 heavy (non-hydrogen) atoms. The Bertz CT molecular complexity index is 398. The number of carbonyl (C=O) groups excluding carboxylic acids is 1. The van der Waals surface area contributed by atoms with Crippen molar-refractivity contribution in [2.45, 2.75) is 6.92 Å². The highest BCUT2D eigenvalue weighted by Crippen LogP contribution is 2.16. The molecule has 0 aromatic heterocycles. The molecule has 0 aliphatic rings. The van der Waals surface area contributed by atoms with Crippen molar-refractivity contribution in [3.05, 3.63) is 24.3 Å². The molecule has 84 valence electrons. The number of ether oxygens (including phenoxy) is 1. The molecule has 0 radical (unpaired) electrons. The summed E-state index contributed by atoms with van der Waals surface area (Å²) in [5.74, 6) is 0.552. The lowest BCUT2D eigenvalue weighted by Crippen LogP contribution is -2.28. The summed E-state index contributed by atoms with van der Waals surface area (Å²) in [6.07, 6.45) is 0. The molecule has 0 heterocycles. The first-order valence-corrected chi connectivity index (χ1v) is 4.91. The second-order valence-electron chi connectivity index (χ2n) is 2.96. The van der Waals surface area contributed by atoms with Gasteiger partial charge in [-0.05, 0) is 19.1 Å². The Kier molecular flexibility index (Phi) is 4.67. The van der Waals surface area contributed by atoms with Crippen molar-refractivity contribution in [1.82, 2.24) is 5.32 Å². The van der Waals surface area contributed by atoms with Crippen molar-refractivity contribution in [3.63, 3.8) is 0 Å². The number of amides is 2. The normalized spacial score (nSPS) is 9.00. The fourth-order valence-electron chi connectivity index (χ4n) is 1.12. The maximum Gasteiger partial charge on any atom is 0.319 e. The van der Waals surface area contributed by atoms with Crippen LogP contribution in [0, 0.1) is 11.3 Å². The lowest BCUT2D eigenvalue weighted by atomic mass is 10.3. The lowest BCUT2D eigenvalue weighted by molar-refractivity contribution is 0.252. The van der Waals surface area contributed by atoms with Gasteiger partial charge in [0.15, 0.2) is 6.61 Å². The van der Waals surface area contributed by atoms with E-state index in [1.54, 1.807) is 24.3 Å². The van der Waals surface area contributed by atoms with Gasteiger partial charge in [0.25, 0.3) is 0 Å². The van der Waals surface area contributed by atoms with Gasteiger partial charge in [-0.25, -0.2) is 4.79 Å². The van der Waals surface area contributed by atoms with E-state index in [-0.39, 0.29) is 12.6 Å². The van der Waals surface area contributed by atoms with Gasteiger partial charge in [0.05, 0.1) is 0 Å². The predicted molar refractivity (Wildman–Crippen MR) is 60.2 cm³/mol. The third-order valence-corrected chi connectivity index (χ3v) is 1.73. The Morgan fingerprint density at radius 3 is 3.06 bits per heavy atom. The fraction of sp³-hybridized carbons (Fsp3) is 0.273. The zero-order valence-electron chi connectivity index (χ0n) is 8.99. The van der Waals surface area contributed by atoms with Crippen molar-refractivity contribution >= 4 is 11.7 Å². The number of urea groups is 1. The number of rotatable bonds is 4. The maximum atomic E-state index is 11.2. The number of nitrogens with zero attached hydrogens (tertiary/aromatic N) is 1. The molecule has 1 aromatic rings. The Hall–Kier alpha value is -2.22. The van der Waals surface area contributed by atoms with Gasteiger partial charge in [-0.15, -0.1) is 0 Å². The van der Waals surface area contributed by atoms with Gasteiger partial charge in [0.2, 0.25) is 0 Å². The third kappa shape index (κ3) is 3.88. The molecular formula is C11H13N3O2. The van der Waals surface area contributed by atoms with Crippen LogP contribution in [0.4, 0.5) is 10.5 Å². The Morgan fingerprint density at radius 1 is 1.56 bits per heavy atom. The van der Waals surface area contributed by atoms with Crippen LogP contribution in [0.2, 0.25) is 0 Å². The van der Waals surface area contributed by atoms with Crippen LogP contribution >= 0.6 is 0 Å². The minimum Gasteiger partial charge on any atom is -0.479 e.